The van der Waals surface area contributed by atoms with E-state index in [1.807, 2.05) is 0 Å². The van der Waals surface area contributed by atoms with E-state index in [9.17, 15) is 39.6 Å². The molecule has 2 fully saturated rings. The van der Waals surface area contributed by atoms with Crippen molar-refractivity contribution >= 4 is 46.9 Å². The number of benzene rings is 2. The van der Waals surface area contributed by atoms with E-state index in [1.54, 1.807) is 59.9 Å². The van der Waals surface area contributed by atoms with Gasteiger partial charge < -0.3 is 61.2 Å². The molecule has 5 atom stereocenters. The molecule has 0 spiro atoms. The van der Waals surface area contributed by atoms with Crippen LogP contribution in [0.25, 0.3) is 0 Å². The summed E-state index contributed by atoms with van der Waals surface area (Å²) in [6.45, 7) is 1.62. The summed E-state index contributed by atoms with van der Waals surface area (Å²) in [7, 11) is 0. The first-order valence-corrected chi connectivity index (χ1v) is 19.4. The van der Waals surface area contributed by atoms with E-state index in [2.05, 4.69) is 31.2 Å². The van der Waals surface area contributed by atoms with Crippen molar-refractivity contribution in [2.75, 3.05) is 42.1 Å². The number of aliphatic carboxylic acids is 1. The van der Waals surface area contributed by atoms with E-state index >= 15 is 0 Å². The highest BCUT2D eigenvalue weighted by Gasteiger charge is 2.48. The van der Waals surface area contributed by atoms with Gasteiger partial charge in [-0.1, -0.05) is 25.0 Å². The quantitative estimate of drug-likeness (QED) is 0.0431. The predicted octanol–water partition coefficient (Wildman–Crippen LogP) is 1.95. The number of aliphatic imine (C=N–C) groups is 1. The second-order valence-electron chi connectivity index (χ2n) is 14.1. The Morgan fingerprint density at radius 3 is 2.43 bits per heavy atom. The maximum atomic E-state index is 13.4. The Labute approximate surface area is 345 Å². The molecule has 2 saturated heterocycles. The zero-order chi connectivity index (χ0) is 43.0. The van der Waals surface area contributed by atoms with E-state index in [0.29, 0.717) is 48.3 Å². The Balaban J connectivity index is 1.08. The number of anilines is 3. The number of rotatable bonds is 16. The summed E-state index contributed by atoms with van der Waals surface area (Å²) < 4.78 is 16.2. The number of nitrogens with one attached hydrogen (secondary N) is 4. The Morgan fingerprint density at radius 2 is 1.72 bits per heavy atom. The van der Waals surface area contributed by atoms with Gasteiger partial charge in [-0.15, -0.1) is 4.99 Å². The number of ether oxygens (including phenoxy) is 3. The normalized spacial score (nSPS) is 20.6. The average molecular weight is 832 g/mol. The Morgan fingerprint density at radius 1 is 0.950 bits per heavy atom. The van der Waals surface area contributed by atoms with Crippen LogP contribution < -0.4 is 31.7 Å². The van der Waals surface area contributed by atoms with Gasteiger partial charge in [-0.05, 0) is 73.2 Å². The number of nitrogens with two attached hydrogens (primary N) is 1. The second-order valence-corrected chi connectivity index (χ2v) is 14.1. The molecule has 0 radical (unpaired) electrons. The lowest BCUT2D eigenvalue weighted by Gasteiger charge is -2.38. The van der Waals surface area contributed by atoms with Crippen molar-refractivity contribution in [1.82, 2.24) is 15.2 Å². The summed E-state index contributed by atoms with van der Waals surface area (Å²) in [5.41, 5.74) is 7.45. The number of carbonyl (C=O) groups is 4. The van der Waals surface area contributed by atoms with Crippen molar-refractivity contribution in [2.45, 2.75) is 75.8 Å². The first kappa shape index (κ1) is 44.7. The molecule has 320 valence electrons. The van der Waals surface area contributed by atoms with Gasteiger partial charge in [-0.3, -0.25) is 19.9 Å². The monoisotopic (exact) mass is 831 g/mol. The van der Waals surface area contributed by atoms with E-state index < -0.39 is 48.7 Å². The molecule has 2 aromatic carbocycles. The maximum Gasteiger partial charge on any atom is 0.411 e. The number of aromatic nitrogens is 1. The fourth-order valence-electron chi connectivity index (χ4n) is 6.62. The largest absolute Gasteiger partial charge is 0.479 e. The van der Waals surface area contributed by atoms with Crippen LogP contribution in [0.2, 0.25) is 0 Å². The number of amides is 3. The molecule has 20 heteroatoms. The lowest BCUT2D eigenvalue weighted by atomic mass is 9.91. The van der Waals surface area contributed by atoms with Gasteiger partial charge in [0.2, 0.25) is 24.3 Å². The number of carbonyl (C=O) groups excluding carboxylic acids is 3. The zero-order valence-electron chi connectivity index (χ0n) is 32.6. The molecule has 20 nitrogen and oxygen atoms in total. The molecule has 60 heavy (non-hydrogen) atoms. The number of aliphatic hydroxyl groups excluding tert-OH is 3. The summed E-state index contributed by atoms with van der Waals surface area (Å²) >= 11 is 0. The van der Waals surface area contributed by atoms with Crippen molar-refractivity contribution in [2.24, 2.45) is 16.6 Å². The first-order chi connectivity index (χ1) is 28.9. The van der Waals surface area contributed by atoms with Crippen molar-refractivity contribution in [3.05, 3.63) is 78.1 Å². The van der Waals surface area contributed by atoms with Crippen LogP contribution in [-0.4, -0.2) is 117 Å². The third-order valence-electron chi connectivity index (χ3n) is 9.81. The highest BCUT2D eigenvalue weighted by atomic mass is 16.7. The molecule has 3 heterocycles. The van der Waals surface area contributed by atoms with Crippen molar-refractivity contribution in [3.63, 3.8) is 0 Å². The summed E-state index contributed by atoms with van der Waals surface area (Å²) in [5.74, 6) is -1.48. The number of nitriles is 1. The summed E-state index contributed by atoms with van der Waals surface area (Å²) in [4.78, 5) is 59.8. The molecule has 3 aromatic rings. The molecule has 0 bridgehead atoms. The lowest BCUT2D eigenvalue weighted by molar-refractivity contribution is -0.271. The summed E-state index contributed by atoms with van der Waals surface area (Å²) in [6, 6.07) is 14.3. The number of hydrogen-bond acceptors (Lipinski definition) is 14. The number of hydrogen-bond donors (Lipinski definition) is 9. The molecule has 2 aliphatic heterocycles. The molecule has 0 unspecified atom stereocenters. The number of aliphatic hydroxyl groups is 3. The maximum absolute atomic E-state index is 13.4. The minimum Gasteiger partial charge on any atom is -0.479 e. The fourth-order valence-corrected chi connectivity index (χ4v) is 6.62. The number of carboxylic acid groups (broad SMARTS) is 1. The van der Waals surface area contributed by atoms with Gasteiger partial charge in [0.25, 0.3) is 5.91 Å². The molecule has 1 aromatic heterocycles. The van der Waals surface area contributed by atoms with Gasteiger partial charge in [0.05, 0.1) is 5.69 Å². The molecule has 5 rings (SSSR count). The van der Waals surface area contributed by atoms with Crippen LogP contribution in [-0.2, 0) is 25.7 Å². The number of unbranched alkanes of at least 4 members (excludes halogenated alkanes) is 1. The first-order valence-electron chi connectivity index (χ1n) is 19.4. The molecular formula is C40H49N9O11. The molecule has 0 saturated carbocycles. The average Bonchev–Trinajstić information content (AvgIpc) is 3.24. The molecule has 2 aliphatic rings. The zero-order valence-corrected chi connectivity index (χ0v) is 32.6. The highest BCUT2D eigenvalue weighted by Crippen LogP contribution is 2.31. The fraction of sp³-hybridized carbons (Fsp3) is 0.425. The summed E-state index contributed by atoms with van der Waals surface area (Å²) in [5, 5.41) is 60.4. The van der Waals surface area contributed by atoms with E-state index in [0.717, 1.165) is 37.8 Å². The van der Waals surface area contributed by atoms with Crippen LogP contribution in [0.5, 0.6) is 5.75 Å². The number of nitrogens with zero attached hydrogens (tertiary/aromatic N) is 4. The van der Waals surface area contributed by atoms with E-state index in [4.69, 9.17) is 25.2 Å². The smallest absolute Gasteiger partial charge is 0.411 e. The molecular weight excluding hydrogens is 782 g/mol. The van der Waals surface area contributed by atoms with Gasteiger partial charge in [-0.25, -0.2) is 9.59 Å². The van der Waals surface area contributed by atoms with Crippen LogP contribution in [0.1, 0.15) is 54.4 Å². The van der Waals surface area contributed by atoms with Gasteiger partial charge in [0.1, 0.15) is 30.7 Å². The highest BCUT2D eigenvalue weighted by molar-refractivity contribution is 5.96. The molecule has 10 N–H and O–H groups in total. The van der Waals surface area contributed by atoms with Crippen LogP contribution in [0.15, 0.2) is 72.0 Å². The third kappa shape index (κ3) is 12.8. The van der Waals surface area contributed by atoms with Crippen LogP contribution in [0.4, 0.5) is 21.9 Å². The van der Waals surface area contributed by atoms with Crippen LogP contribution >= 0.6 is 0 Å². The second kappa shape index (κ2) is 22.1. The standard InChI is InChI=1S/C40H49N9O11/c41-14-9-31(50)48-29-20-25(7-8-30(29)59-38-34(53)32(51)33(52)35(60-38)37(55)56)22-58-40(57)47-28-6-3-5-26(21-28)36(54)49-18-12-24(13-19-49)4-1-2-15-44-39(45-23-42)46-27-10-16-43-17-11-27/h3,5-8,10-11,16-17,20-21,24,32-35,38,51-53H,1-2,4,9,12-15,18-19,22,41H2,(H,47,57)(H,48,50)(H,55,56)(H2,43,44,45,46)/t32-,33-,34+,35-,38+/m0/s1. The van der Waals surface area contributed by atoms with Gasteiger partial charge in [0.15, 0.2) is 6.10 Å². The van der Waals surface area contributed by atoms with E-state index in [-0.39, 0.29) is 36.9 Å². The van der Waals surface area contributed by atoms with Gasteiger partial charge >= 0.3 is 12.1 Å². The predicted molar refractivity (Wildman–Crippen MR) is 215 cm³/mol. The van der Waals surface area contributed by atoms with Gasteiger partial charge in [-0.2, -0.15) is 5.26 Å². The summed E-state index contributed by atoms with van der Waals surface area (Å²) in [6.07, 6.45) is -0.503. The van der Waals surface area contributed by atoms with E-state index in [1.165, 1.54) is 18.2 Å². The SMILES string of the molecule is N#C/N=C(/NCCCCC1CCN(C(=O)c2cccc(NC(=O)OCc3ccc(O[C@@H]4O[C@H](C(=O)O)[C@@H](O)[C@H](O)[C@H]4O)c(NC(=O)CCN)c3)c2)CC1)Nc1ccncc1. The molecule has 0 aliphatic carbocycles. The lowest BCUT2D eigenvalue weighted by Crippen LogP contribution is -2.61. The topological polar surface area (TPSA) is 303 Å². The van der Waals surface area contributed by atoms with Crippen molar-refractivity contribution < 1.29 is 53.8 Å². The van der Waals surface area contributed by atoms with Crippen LogP contribution in [0, 0.1) is 17.4 Å². The number of guanidine groups is 1. The Hall–Kier alpha value is -6.37. The number of likely N-dealkylation sites (tertiary alicyclic amines) is 1. The van der Waals surface area contributed by atoms with Crippen molar-refractivity contribution in [3.8, 4) is 11.9 Å². The number of pyridine rings is 1. The van der Waals surface area contributed by atoms with Crippen molar-refractivity contribution in [1.29, 1.82) is 5.26 Å². The Bertz CT molecular complexity index is 2010. The Kier molecular flexibility index (Phi) is 16.5. The molecule has 3 amide bonds. The minimum absolute atomic E-state index is 0.0296. The van der Waals surface area contributed by atoms with Crippen LogP contribution in [0.3, 0.4) is 0 Å². The van der Waals surface area contributed by atoms with Gasteiger partial charge in [0, 0.05) is 61.9 Å². The number of carboxylic acids is 1. The number of piperidine rings is 1. The third-order valence-corrected chi connectivity index (χ3v) is 9.81. The minimum atomic E-state index is -1.93.